The van der Waals surface area contributed by atoms with E-state index in [1.807, 2.05) is 36.4 Å². The number of amides is 2. The van der Waals surface area contributed by atoms with Gasteiger partial charge in [-0.1, -0.05) is 48.5 Å². The molecule has 3 N–H and O–H groups in total. The summed E-state index contributed by atoms with van der Waals surface area (Å²) in [6.07, 6.45) is 0.212. The first-order valence-corrected chi connectivity index (χ1v) is 10.2. The number of fused-ring (bicyclic) bond motifs is 3. The van der Waals surface area contributed by atoms with Gasteiger partial charge in [0, 0.05) is 18.5 Å². The van der Waals surface area contributed by atoms with Crippen LogP contribution < -0.4 is 10.6 Å². The Morgan fingerprint density at radius 2 is 1.70 bits per heavy atom. The van der Waals surface area contributed by atoms with Crippen LogP contribution >= 0.6 is 0 Å². The minimum atomic E-state index is -1.07. The summed E-state index contributed by atoms with van der Waals surface area (Å²) in [6, 6.07) is 15.6. The monoisotopic (exact) mass is 408 g/mol. The van der Waals surface area contributed by atoms with Crippen molar-refractivity contribution in [3.63, 3.8) is 0 Å². The zero-order valence-electron chi connectivity index (χ0n) is 16.5. The van der Waals surface area contributed by atoms with Gasteiger partial charge in [0.1, 0.15) is 6.61 Å². The summed E-state index contributed by atoms with van der Waals surface area (Å²) in [5.41, 5.74) is 4.52. The molecule has 1 heterocycles. The number of carboxylic acid groups (broad SMARTS) is 1. The van der Waals surface area contributed by atoms with Crippen LogP contribution in [0.5, 0.6) is 0 Å². The largest absolute Gasteiger partial charge is 0.481 e. The molecule has 0 saturated carbocycles. The number of carbonyl (C=O) groups is 3. The highest BCUT2D eigenvalue weighted by Gasteiger charge is 2.34. The molecule has 7 nitrogen and oxygen atoms in total. The van der Waals surface area contributed by atoms with E-state index in [0.717, 1.165) is 22.3 Å². The van der Waals surface area contributed by atoms with E-state index in [4.69, 9.17) is 9.84 Å². The Hall–Kier alpha value is -3.35. The molecule has 0 aromatic heterocycles. The van der Waals surface area contributed by atoms with Gasteiger partial charge in [0.05, 0.1) is 12.3 Å². The molecular formula is C23H24N2O5. The Morgan fingerprint density at radius 1 is 1.07 bits per heavy atom. The summed E-state index contributed by atoms with van der Waals surface area (Å²) >= 11 is 0. The number of rotatable bonds is 5. The predicted octanol–water partition coefficient (Wildman–Crippen LogP) is 2.89. The number of nitrogens with one attached hydrogen (secondary N) is 2. The molecule has 7 heteroatoms. The van der Waals surface area contributed by atoms with Crippen molar-refractivity contribution in [2.45, 2.75) is 31.2 Å². The molecule has 2 aromatic carbocycles. The zero-order valence-corrected chi connectivity index (χ0v) is 16.5. The first kappa shape index (κ1) is 19.9. The lowest BCUT2D eigenvalue weighted by atomic mass is 9.93. The number of carbonyl (C=O) groups excluding carboxylic acids is 2. The van der Waals surface area contributed by atoms with Crippen LogP contribution in [-0.2, 0) is 14.3 Å². The number of alkyl carbamates (subject to hydrolysis) is 1. The van der Waals surface area contributed by atoms with Crippen molar-refractivity contribution in [1.29, 1.82) is 0 Å². The van der Waals surface area contributed by atoms with E-state index in [1.54, 1.807) is 0 Å². The van der Waals surface area contributed by atoms with Gasteiger partial charge in [0.2, 0.25) is 5.91 Å². The molecule has 2 aliphatic rings. The van der Waals surface area contributed by atoms with E-state index in [9.17, 15) is 14.4 Å². The van der Waals surface area contributed by atoms with Gasteiger partial charge in [-0.3, -0.25) is 9.59 Å². The van der Waals surface area contributed by atoms with Crippen LogP contribution in [0.15, 0.2) is 48.5 Å². The van der Waals surface area contributed by atoms with Crippen molar-refractivity contribution < 1.29 is 24.2 Å². The number of benzene rings is 2. The Bertz CT molecular complexity index is 928. The Kier molecular flexibility index (Phi) is 5.70. The second kappa shape index (κ2) is 8.57. The van der Waals surface area contributed by atoms with Crippen LogP contribution in [0.1, 0.15) is 36.3 Å². The van der Waals surface area contributed by atoms with Crippen LogP contribution in [0, 0.1) is 5.92 Å². The molecule has 1 aliphatic heterocycles. The summed E-state index contributed by atoms with van der Waals surface area (Å²) < 4.78 is 5.54. The topological polar surface area (TPSA) is 105 Å². The van der Waals surface area contributed by atoms with E-state index >= 15 is 0 Å². The van der Waals surface area contributed by atoms with Crippen molar-refractivity contribution in [3.05, 3.63) is 59.7 Å². The van der Waals surface area contributed by atoms with E-state index < -0.39 is 24.0 Å². The molecule has 1 saturated heterocycles. The maximum absolute atomic E-state index is 12.5. The molecule has 0 spiro atoms. The lowest BCUT2D eigenvalue weighted by Gasteiger charge is -2.23. The van der Waals surface area contributed by atoms with Crippen molar-refractivity contribution in [2.24, 2.45) is 5.92 Å². The first-order valence-electron chi connectivity index (χ1n) is 10.2. The fourth-order valence-corrected chi connectivity index (χ4v) is 4.44. The van der Waals surface area contributed by atoms with Gasteiger partial charge in [0.15, 0.2) is 0 Å². The third kappa shape index (κ3) is 4.01. The molecule has 0 radical (unpaired) electrons. The fraction of sp³-hybridized carbons (Fsp3) is 0.348. The van der Waals surface area contributed by atoms with E-state index in [0.29, 0.717) is 19.4 Å². The molecule has 156 valence electrons. The van der Waals surface area contributed by atoms with Gasteiger partial charge in [-0.25, -0.2) is 4.79 Å². The van der Waals surface area contributed by atoms with Gasteiger partial charge < -0.3 is 20.5 Å². The SMILES string of the molecule is O=C(O)CC1C(=O)NCCC[C@@H]1NC(=O)OCC1c2ccccc2-c2ccccc21. The van der Waals surface area contributed by atoms with Crippen molar-refractivity contribution in [3.8, 4) is 11.1 Å². The lowest BCUT2D eigenvalue weighted by Crippen LogP contribution is -2.46. The highest BCUT2D eigenvalue weighted by Crippen LogP contribution is 2.44. The summed E-state index contributed by atoms with van der Waals surface area (Å²) in [5, 5.41) is 14.6. The van der Waals surface area contributed by atoms with Crippen molar-refractivity contribution in [2.75, 3.05) is 13.2 Å². The molecule has 2 aromatic rings. The smallest absolute Gasteiger partial charge is 0.407 e. The van der Waals surface area contributed by atoms with Crippen LogP contribution in [0.2, 0.25) is 0 Å². The average molecular weight is 408 g/mol. The Labute approximate surface area is 174 Å². The standard InChI is InChI=1S/C23H24N2O5/c26-21(27)12-18-20(10-5-11-24-22(18)28)25-23(29)30-13-19-16-8-3-1-6-14(16)15-7-2-4-9-17(15)19/h1-4,6-9,18-20H,5,10-13H2,(H,24,28)(H,25,29)(H,26,27)/t18?,20-/m0/s1. The quantitative estimate of drug-likeness (QED) is 0.706. The number of hydrogen-bond acceptors (Lipinski definition) is 4. The van der Waals surface area contributed by atoms with Gasteiger partial charge in [-0.2, -0.15) is 0 Å². The normalized spacial score (nSPS) is 20.5. The van der Waals surface area contributed by atoms with E-state index in [1.165, 1.54) is 0 Å². The van der Waals surface area contributed by atoms with E-state index in [-0.39, 0.29) is 24.9 Å². The van der Waals surface area contributed by atoms with Crippen LogP contribution in [-0.4, -0.2) is 42.3 Å². The zero-order chi connectivity index (χ0) is 21.1. The average Bonchev–Trinajstić information content (AvgIpc) is 2.96. The molecule has 1 aliphatic carbocycles. The van der Waals surface area contributed by atoms with Crippen LogP contribution in [0.3, 0.4) is 0 Å². The highest BCUT2D eigenvalue weighted by molar-refractivity contribution is 5.85. The molecule has 30 heavy (non-hydrogen) atoms. The maximum atomic E-state index is 12.5. The summed E-state index contributed by atoms with van der Waals surface area (Å²) in [5.74, 6) is -2.30. The van der Waals surface area contributed by atoms with Gasteiger partial charge in [0.25, 0.3) is 0 Å². The summed E-state index contributed by atoms with van der Waals surface area (Å²) in [7, 11) is 0. The number of hydrogen-bond donors (Lipinski definition) is 3. The summed E-state index contributed by atoms with van der Waals surface area (Å²) in [4.78, 5) is 35.9. The molecule has 1 fully saturated rings. The fourth-order valence-electron chi connectivity index (χ4n) is 4.44. The van der Waals surface area contributed by atoms with Gasteiger partial charge in [-0.05, 0) is 35.1 Å². The summed E-state index contributed by atoms with van der Waals surface area (Å²) in [6.45, 7) is 0.639. The first-order chi connectivity index (χ1) is 14.5. The molecule has 2 amide bonds. The van der Waals surface area contributed by atoms with Crippen LogP contribution in [0.4, 0.5) is 4.79 Å². The molecular weight excluding hydrogens is 384 g/mol. The molecule has 0 bridgehead atoms. The third-order valence-electron chi connectivity index (χ3n) is 5.86. The van der Waals surface area contributed by atoms with Gasteiger partial charge >= 0.3 is 12.1 Å². The molecule has 4 rings (SSSR count). The highest BCUT2D eigenvalue weighted by atomic mass is 16.5. The van der Waals surface area contributed by atoms with E-state index in [2.05, 4.69) is 22.8 Å². The second-order valence-electron chi connectivity index (χ2n) is 7.71. The predicted molar refractivity (Wildman–Crippen MR) is 110 cm³/mol. The lowest BCUT2D eigenvalue weighted by molar-refractivity contribution is -0.141. The van der Waals surface area contributed by atoms with Crippen molar-refractivity contribution >= 4 is 18.0 Å². The minimum absolute atomic E-state index is 0.0598. The number of ether oxygens (including phenoxy) is 1. The van der Waals surface area contributed by atoms with Crippen molar-refractivity contribution in [1.82, 2.24) is 10.6 Å². The Balaban J connectivity index is 1.44. The maximum Gasteiger partial charge on any atom is 0.407 e. The number of carboxylic acids is 1. The molecule has 2 atom stereocenters. The third-order valence-corrected chi connectivity index (χ3v) is 5.86. The minimum Gasteiger partial charge on any atom is -0.481 e. The second-order valence-corrected chi connectivity index (χ2v) is 7.71. The van der Waals surface area contributed by atoms with Gasteiger partial charge in [-0.15, -0.1) is 0 Å². The number of aliphatic carboxylic acids is 1. The van der Waals surface area contributed by atoms with Crippen LogP contribution in [0.25, 0.3) is 11.1 Å². The molecule has 1 unspecified atom stereocenters. The Morgan fingerprint density at radius 3 is 2.33 bits per heavy atom.